The monoisotopic (exact) mass is 109 g/mol. The van der Waals surface area contributed by atoms with Crippen LogP contribution in [-0.2, 0) is 27.2 Å². The van der Waals surface area contributed by atoms with E-state index in [1.54, 1.807) is 0 Å². The Labute approximate surface area is 44.8 Å². The molecule has 0 amide bonds. The van der Waals surface area contributed by atoms with Crippen LogP contribution in [0.3, 0.4) is 0 Å². The summed E-state index contributed by atoms with van der Waals surface area (Å²) in [5.74, 6) is 0. The molecule has 6 radical (unpaired) electrons. The summed E-state index contributed by atoms with van der Waals surface area (Å²) in [6, 6.07) is 0. The molecule has 0 saturated carbocycles. The molecule has 4 heteroatoms. The summed E-state index contributed by atoms with van der Waals surface area (Å²) in [7, 11) is 0. The third-order valence-electron chi connectivity index (χ3n) is 0. The first kappa shape index (κ1) is 99.3. The van der Waals surface area contributed by atoms with E-state index in [0.29, 0.717) is 0 Å². The van der Waals surface area contributed by atoms with E-state index in [0.717, 1.165) is 0 Å². The van der Waals surface area contributed by atoms with Crippen LogP contribution in [0, 0.1) is 0 Å². The van der Waals surface area contributed by atoms with Crippen molar-refractivity contribution in [1.82, 2.24) is 6.15 Å². The third kappa shape index (κ3) is 13.5. The van der Waals surface area contributed by atoms with Gasteiger partial charge in [-0.2, -0.15) is 0 Å². The molecule has 0 fully saturated rings. The van der Waals surface area contributed by atoms with Crippen LogP contribution in [0.15, 0.2) is 0 Å². The van der Waals surface area contributed by atoms with Gasteiger partial charge in [-0.3, -0.25) is 0 Å². The number of hydrogen-bond acceptors (Lipinski definition) is 1. The van der Waals surface area contributed by atoms with E-state index in [1.165, 1.54) is 0 Å². The van der Waals surface area contributed by atoms with Gasteiger partial charge < -0.3 is 6.15 Å². The molecule has 2 nitrogen and oxygen atoms in total. The van der Waals surface area contributed by atoms with E-state index in [4.69, 9.17) is 0 Å². The fourth-order valence-corrected chi connectivity index (χ4v) is 0. The van der Waals surface area contributed by atoms with Gasteiger partial charge in [-0.15, -0.1) is 0 Å². The molecule has 0 aromatic heterocycles. The molecule has 0 unspecified atom stereocenters. The van der Waals surface area contributed by atoms with Crippen molar-refractivity contribution in [3.8, 4) is 0 Å². The Morgan fingerprint density at radius 3 is 1.00 bits per heavy atom. The first-order valence-electron chi connectivity index (χ1n) is 0. The standard InChI is InChI=1S/H3N.O.Si.Ti/h1H3;;;. The quantitative estimate of drug-likeness (QED) is 0.425. The van der Waals surface area contributed by atoms with E-state index in [2.05, 4.69) is 0 Å². The zero-order valence-electron chi connectivity index (χ0n) is 2.12. The second-order valence-electron chi connectivity index (χ2n) is 0. The summed E-state index contributed by atoms with van der Waals surface area (Å²) in [4.78, 5) is 0. The van der Waals surface area contributed by atoms with Crippen molar-refractivity contribution >= 4 is 11.0 Å². The number of hydrogen-bond donors (Lipinski definition) is 1. The van der Waals surface area contributed by atoms with E-state index in [-0.39, 0.29) is 44.3 Å². The minimum Gasteiger partial charge on any atom is -0.344 e. The second-order valence-corrected chi connectivity index (χ2v) is 0. The van der Waals surface area contributed by atoms with Crippen LogP contribution in [-0.4, -0.2) is 11.0 Å². The van der Waals surface area contributed by atoms with Crippen LogP contribution in [0.5, 0.6) is 0 Å². The van der Waals surface area contributed by atoms with E-state index in [9.17, 15) is 0 Å². The van der Waals surface area contributed by atoms with Crippen LogP contribution in [0.4, 0.5) is 0 Å². The second kappa shape index (κ2) is 43.2. The van der Waals surface area contributed by atoms with Crippen LogP contribution in [0.25, 0.3) is 0 Å². The summed E-state index contributed by atoms with van der Waals surface area (Å²) in [6.45, 7) is 0. The van der Waals surface area contributed by atoms with E-state index >= 15 is 0 Å². The smallest absolute Gasteiger partial charge is 0 e. The molecule has 0 aromatic rings. The van der Waals surface area contributed by atoms with E-state index < -0.39 is 0 Å². The van der Waals surface area contributed by atoms with Crippen LogP contribution < -0.4 is 6.15 Å². The maximum absolute atomic E-state index is 0. The van der Waals surface area contributed by atoms with Crippen molar-refractivity contribution < 1.29 is 27.2 Å². The molecular formula is H3NOSiTi. The van der Waals surface area contributed by atoms with Gasteiger partial charge in [-0.05, 0) is 0 Å². The topological polar surface area (TPSA) is 63.5 Å². The van der Waals surface area contributed by atoms with Crippen LogP contribution in [0.2, 0.25) is 0 Å². The minimum atomic E-state index is 0. The molecule has 0 aliphatic heterocycles. The molecule has 0 heterocycles. The van der Waals surface area contributed by atoms with Gasteiger partial charge in [-0.25, -0.2) is 0 Å². The van der Waals surface area contributed by atoms with Crippen molar-refractivity contribution in [2.24, 2.45) is 0 Å². The predicted molar refractivity (Wildman–Crippen MR) is 11.5 cm³/mol. The van der Waals surface area contributed by atoms with Gasteiger partial charge in [0.15, 0.2) is 0 Å². The van der Waals surface area contributed by atoms with E-state index in [1.807, 2.05) is 0 Å². The molecular weight excluding hydrogens is 106 g/mol. The summed E-state index contributed by atoms with van der Waals surface area (Å²) in [5.41, 5.74) is 0. The fraction of sp³-hybridized carbons (Fsp3) is 0. The Balaban J connectivity index is 0. The Morgan fingerprint density at radius 1 is 1.00 bits per heavy atom. The molecule has 0 atom stereocenters. The first-order chi connectivity index (χ1) is 0. The van der Waals surface area contributed by atoms with Gasteiger partial charge >= 0.3 is 0 Å². The van der Waals surface area contributed by atoms with Gasteiger partial charge in [0.05, 0.1) is 0 Å². The molecule has 0 spiro atoms. The SMILES string of the molecule is N.[O].[Si].[Ti]. The third-order valence-corrected chi connectivity index (χ3v) is 0. The maximum Gasteiger partial charge on any atom is 0 e. The van der Waals surface area contributed by atoms with Crippen LogP contribution >= 0.6 is 0 Å². The molecule has 4 heavy (non-hydrogen) atoms. The molecule has 22 valence electrons. The van der Waals surface area contributed by atoms with Gasteiger partial charge in [0.1, 0.15) is 0 Å². The maximum atomic E-state index is 0. The van der Waals surface area contributed by atoms with Gasteiger partial charge in [0.25, 0.3) is 0 Å². The Hall–Kier alpha value is 0.851. The zero-order chi connectivity index (χ0) is 0. The van der Waals surface area contributed by atoms with Gasteiger partial charge in [-0.1, -0.05) is 0 Å². The molecule has 0 aromatic carbocycles. The minimum absolute atomic E-state index is 0. The van der Waals surface area contributed by atoms with Crippen molar-refractivity contribution in [3.63, 3.8) is 0 Å². The summed E-state index contributed by atoms with van der Waals surface area (Å²) in [6.07, 6.45) is 0. The Morgan fingerprint density at radius 2 is 1.00 bits per heavy atom. The summed E-state index contributed by atoms with van der Waals surface area (Å²) in [5, 5.41) is 0. The van der Waals surface area contributed by atoms with Gasteiger partial charge in [0, 0.05) is 38.2 Å². The normalized spacial score (nSPS) is 0. The molecule has 0 saturated heterocycles. The predicted octanol–water partition coefficient (Wildman–Crippen LogP) is -0.340. The molecule has 0 aliphatic rings. The van der Waals surface area contributed by atoms with Gasteiger partial charge in [0.2, 0.25) is 0 Å². The fourth-order valence-electron chi connectivity index (χ4n) is 0. The molecule has 3 N–H and O–H groups in total. The average Bonchev–Trinajstić information content (AvgIpc) is 0. The van der Waals surface area contributed by atoms with Crippen molar-refractivity contribution in [2.45, 2.75) is 0 Å². The Bertz CT molecular complexity index is 8.00. The van der Waals surface area contributed by atoms with Crippen molar-refractivity contribution in [2.75, 3.05) is 0 Å². The molecule has 0 aliphatic carbocycles. The Kier molecular flexibility index (Phi) is 1070. The first-order valence-corrected chi connectivity index (χ1v) is 0. The number of rotatable bonds is 0. The van der Waals surface area contributed by atoms with Crippen LogP contribution in [0.1, 0.15) is 0 Å². The van der Waals surface area contributed by atoms with Crippen molar-refractivity contribution in [1.29, 1.82) is 0 Å². The zero-order valence-corrected chi connectivity index (χ0v) is 4.68. The van der Waals surface area contributed by atoms with Crippen molar-refractivity contribution in [3.05, 3.63) is 0 Å². The molecule has 0 rings (SSSR count). The summed E-state index contributed by atoms with van der Waals surface area (Å²) < 4.78 is 0. The summed E-state index contributed by atoms with van der Waals surface area (Å²) >= 11 is 0. The largest absolute Gasteiger partial charge is 0.344 e. The average molecular weight is 109 g/mol. The molecule has 0 bridgehead atoms.